The van der Waals surface area contributed by atoms with Crippen LogP contribution in [0.5, 0.6) is 0 Å². The van der Waals surface area contributed by atoms with Gasteiger partial charge in [-0.3, -0.25) is 4.79 Å². The van der Waals surface area contributed by atoms with Crippen LogP contribution in [0.3, 0.4) is 0 Å². The molecule has 1 amide bonds. The van der Waals surface area contributed by atoms with Crippen LogP contribution < -0.4 is 10.0 Å². The van der Waals surface area contributed by atoms with Crippen LogP contribution in [0.25, 0.3) is 0 Å². The topological polar surface area (TPSA) is 128 Å². The number of sulfonamides is 1. The molecule has 0 aliphatic heterocycles. The minimum Gasteiger partial charge on any atom is -0.465 e. The van der Waals surface area contributed by atoms with Crippen LogP contribution in [-0.4, -0.2) is 47.0 Å². The van der Waals surface area contributed by atoms with Crippen molar-refractivity contribution in [1.29, 1.82) is 0 Å². The summed E-state index contributed by atoms with van der Waals surface area (Å²) < 4.78 is 37.0. The number of amides is 1. The van der Waals surface area contributed by atoms with Crippen molar-refractivity contribution in [2.24, 2.45) is 0 Å². The fourth-order valence-corrected chi connectivity index (χ4v) is 3.61. The summed E-state index contributed by atoms with van der Waals surface area (Å²) >= 11 is 0. The molecule has 9 nitrogen and oxygen atoms in total. The van der Waals surface area contributed by atoms with Gasteiger partial charge in [0.25, 0.3) is 5.91 Å². The van der Waals surface area contributed by atoms with E-state index in [0.717, 1.165) is 26.4 Å². The molecule has 0 radical (unpaired) electrons. The largest absolute Gasteiger partial charge is 0.465 e. The monoisotopic (exact) mass is 434 g/mol. The van der Waals surface area contributed by atoms with Gasteiger partial charge in [-0.1, -0.05) is 12.1 Å². The lowest BCUT2D eigenvalue weighted by Crippen LogP contribution is -2.24. The van der Waals surface area contributed by atoms with Gasteiger partial charge in [0.1, 0.15) is 0 Å². The highest BCUT2D eigenvalue weighted by molar-refractivity contribution is 7.89. The van der Waals surface area contributed by atoms with Gasteiger partial charge < -0.3 is 14.8 Å². The average molecular weight is 434 g/mol. The second-order valence-electron chi connectivity index (χ2n) is 6.11. The molecule has 0 saturated carbocycles. The molecule has 2 rings (SSSR count). The van der Waals surface area contributed by atoms with Gasteiger partial charge in [0.05, 0.1) is 30.2 Å². The molecule has 0 aliphatic carbocycles. The van der Waals surface area contributed by atoms with Gasteiger partial charge in [0, 0.05) is 18.7 Å². The lowest BCUT2D eigenvalue weighted by Gasteiger charge is -2.10. The van der Waals surface area contributed by atoms with Crippen molar-refractivity contribution in [3.63, 3.8) is 0 Å². The zero-order chi connectivity index (χ0) is 22.3. The highest BCUT2D eigenvalue weighted by Gasteiger charge is 2.21. The van der Waals surface area contributed by atoms with Crippen LogP contribution in [0.4, 0.5) is 0 Å². The highest BCUT2D eigenvalue weighted by atomic mass is 32.2. The van der Waals surface area contributed by atoms with Crippen LogP contribution >= 0.6 is 0 Å². The molecule has 10 heteroatoms. The maximum absolute atomic E-state index is 12.7. The number of carbonyl (C=O) groups is 3. The summed E-state index contributed by atoms with van der Waals surface area (Å²) in [6, 6.07) is 9.83. The highest BCUT2D eigenvalue weighted by Crippen LogP contribution is 2.18. The Labute approximate surface area is 174 Å². The van der Waals surface area contributed by atoms with E-state index >= 15 is 0 Å². The van der Waals surface area contributed by atoms with Crippen molar-refractivity contribution in [2.75, 3.05) is 20.8 Å². The molecule has 2 aromatic carbocycles. The van der Waals surface area contributed by atoms with Gasteiger partial charge in [-0.2, -0.15) is 0 Å². The third-order valence-electron chi connectivity index (χ3n) is 4.08. The summed E-state index contributed by atoms with van der Waals surface area (Å²) in [6.45, 7) is 2.24. The fourth-order valence-electron chi connectivity index (χ4n) is 2.52. The predicted octanol–water partition coefficient (Wildman–Crippen LogP) is 1.49. The van der Waals surface area contributed by atoms with Crippen LogP contribution in [0.1, 0.15) is 43.6 Å². The van der Waals surface area contributed by atoms with Crippen molar-refractivity contribution in [2.45, 2.75) is 18.4 Å². The quantitative estimate of drug-likeness (QED) is 0.603. The molecule has 0 aromatic heterocycles. The Morgan fingerprint density at radius 1 is 0.867 bits per heavy atom. The summed E-state index contributed by atoms with van der Waals surface area (Å²) in [7, 11) is -1.78. The van der Waals surface area contributed by atoms with E-state index in [4.69, 9.17) is 0 Å². The van der Waals surface area contributed by atoms with E-state index in [1.54, 1.807) is 24.3 Å². The Kier molecular flexibility index (Phi) is 7.67. The van der Waals surface area contributed by atoms with Gasteiger partial charge in [0.2, 0.25) is 10.0 Å². The Hall–Kier alpha value is -3.24. The second kappa shape index (κ2) is 9.99. The minimum atomic E-state index is -4.07. The third-order valence-corrected chi connectivity index (χ3v) is 5.46. The number of hydrogen-bond donors (Lipinski definition) is 2. The SMILES string of the molecule is CCNC(=O)c1ccc(CNS(=O)(=O)c2cc(C(=O)OC)cc(C(=O)OC)c2)cc1. The summed E-state index contributed by atoms with van der Waals surface area (Å²) in [5, 5.41) is 2.67. The zero-order valence-electron chi connectivity index (χ0n) is 16.7. The van der Waals surface area contributed by atoms with Crippen molar-refractivity contribution in [3.8, 4) is 0 Å². The normalized spacial score (nSPS) is 10.9. The van der Waals surface area contributed by atoms with E-state index in [0.29, 0.717) is 17.7 Å². The first-order valence-corrected chi connectivity index (χ1v) is 10.4. The van der Waals surface area contributed by atoms with Crippen LogP contribution in [0, 0.1) is 0 Å². The van der Waals surface area contributed by atoms with Gasteiger partial charge in [-0.15, -0.1) is 0 Å². The van der Waals surface area contributed by atoms with Gasteiger partial charge in [0.15, 0.2) is 0 Å². The van der Waals surface area contributed by atoms with Crippen LogP contribution in [0.15, 0.2) is 47.4 Å². The molecular weight excluding hydrogens is 412 g/mol. The van der Waals surface area contributed by atoms with Gasteiger partial charge in [-0.25, -0.2) is 22.7 Å². The fraction of sp³-hybridized carbons (Fsp3) is 0.250. The number of carbonyl (C=O) groups excluding carboxylic acids is 3. The Morgan fingerprint density at radius 3 is 1.87 bits per heavy atom. The molecule has 0 atom stereocenters. The van der Waals surface area contributed by atoms with E-state index in [-0.39, 0.29) is 28.5 Å². The molecule has 160 valence electrons. The number of rotatable bonds is 8. The number of hydrogen-bond acceptors (Lipinski definition) is 7. The van der Waals surface area contributed by atoms with E-state index in [2.05, 4.69) is 19.5 Å². The number of esters is 2. The minimum absolute atomic E-state index is 0.0615. The van der Waals surface area contributed by atoms with Crippen molar-refractivity contribution in [1.82, 2.24) is 10.0 Å². The Morgan fingerprint density at radius 2 is 1.40 bits per heavy atom. The molecule has 30 heavy (non-hydrogen) atoms. The second-order valence-corrected chi connectivity index (χ2v) is 7.88. The smallest absolute Gasteiger partial charge is 0.337 e. The van der Waals surface area contributed by atoms with Crippen molar-refractivity contribution >= 4 is 27.9 Å². The van der Waals surface area contributed by atoms with Crippen molar-refractivity contribution < 1.29 is 32.3 Å². The predicted molar refractivity (Wildman–Crippen MR) is 108 cm³/mol. The summed E-state index contributed by atoms with van der Waals surface area (Å²) in [4.78, 5) is 35.2. The van der Waals surface area contributed by atoms with E-state index < -0.39 is 22.0 Å². The molecule has 0 saturated heterocycles. The summed E-state index contributed by atoms with van der Waals surface area (Å²) in [5.41, 5.74) is 0.861. The van der Waals surface area contributed by atoms with Crippen LogP contribution in [-0.2, 0) is 26.0 Å². The zero-order valence-corrected chi connectivity index (χ0v) is 17.5. The number of methoxy groups -OCH3 is 2. The summed E-state index contributed by atoms with van der Waals surface area (Å²) in [6.07, 6.45) is 0. The molecule has 0 bridgehead atoms. The lowest BCUT2D eigenvalue weighted by molar-refractivity contribution is 0.0598. The maximum Gasteiger partial charge on any atom is 0.337 e. The molecule has 0 unspecified atom stereocenters. The van der Waals surface area contributed by atoms with Gasteiger partial charge in [-0.05, 0) is 42.8 Å². The Bertz CT molecular complexity index is 1010. The van der Waals surface area contributed by atoms with Crippen molar-refractivity contribution in [3.05, 3.63) is 64.7 Å². The lowest BCUT2D eigenvalue weighted by atomic mass is 10.1. The first-order valence-electron chi connectivity index (χ1n) is 8.90. The summed E-state index contributed by atoms with van der Waals surface area (Å²) in [5.74, 6) is -1.81. The Balaban J connectivity index is 2.25. The first kappa shape index (κ1) is 23.0. The average Bonchev–Trinajstić information content (AvgIpc) is 2.76. The van der Waals surface area contributed by atoms with E-state index in [1.165, 1.54) is 6.07 Å². The number of nitrogens with one attached hydrogen (secondary N) is 2. The molecule has 2 N–H and O–H groups in total. The maximum atomic E-state index is 12.7. The molecule has 0 aliphatic rings. The van der Waals surface area contributed by atoms with Crippen LogP contribution in [0.2, 0.25) is 0 Å². The van der Waals surface area contributed by atoms with E-state index in [9.17, 15) is 22.8 Å². The molecule has 2 aromatic rings. The number of ether oxygens (including phenoxy) is 2. The third kappa shape index (κ3) is 5.65. The first-order chi connectivity index (χ1) is 14.2. The molecule has 0 fully saturated rings. The molecule has 0 spiro atoms. The van der Waals surface area contributed by atoms with E-state index in [1.807, 2.05) is 6.92 Å². The molecule has 0 heterocycles. The standard InChI is InChI=1S/C20H22N2O7S/c1-4-21-18(23)14-7-5-13(6-8-14)12-22-30(26,27)17-10-15(19(24)28-2)9-16(11-17)20(25)29-3/h5-11,22H,4,12H2,1-3H3,(H,21,23). The molecular formula is C20H22N2O7S. The number of benzene rings is 2. The van der Waals surface area contributed by atoms with Gasteiger partial charge >= 0.3 is 11.9 Å².